The molecule has 0 bridgehead atoms. The fourth-order valence-corrected chi connectivity index (χ4v) is 2.75. The summed E-state index contributed by atoms with van der Waals surface area (Å²) in [7, 11) is 0. The van der Waals surface area contributed by atoms with E-state index in [4.69, 9.17) is 5.11 Å². The molecule has 1 aromatic rings. The summed E-state index contributed by atoms with van der Waals surface area (Å²) in [6.45, 7) is 10.9. The Bertz CT molecular complexity index is 332. The van der Waals surface area contributed by atoms with E-state index in [1.165, 1.54) is 27.1 Å². The Labute approximate surface area is 96.9 Å². The molecule has 84 valence electrons. The highest BCUT2D eigenvalue weighted by molar-refractivity contribution is 8.00. The maximum absolute atomic E-state index is 9.10. The first-order chi connectivity index (χ1) is 6.97. The summed E-state index contributed by atoms with van der Waals surface area (Å²) in [5, 5.41) is 9.36. The lowest BCUT2D eigenvalue weighted by molar-refractivity contribution is 0.300. The summed E-state index contributed by atoms with van der Waals surface area (Å²) in [6, 6.07) is 2.23. The number of thioether (sulfide) groups is 1. The van der Waals surface area contributed by atoms with Gasteiger partial charge in [0.25, 0.3) is 0 Å². The summed E-state index contributed by atoms with van der Waals surface area (Å²) >= 11 is 1.78. The minimum Gasteiger partial charge on any atom is -0.395 e. The highest BCUT2D eigenvalue weighted by atomic mass is 32.2. The van der Waals surface area contributed by atoms with Gasteiger partial charge in [-0.1, -0.05) is 13.0 Å². The molecule has 1 N–H and O–H groups in total. The van der Waals surface area contributed by atoms with Crippen LogP contribution in [0.4, 0.5) is 0 Å². The van der Waals surface area contributed by atoms with Gasteiger partial charge in [0, 0.05) is 10.1 Å². The van der Waals surface area contributed by atoms with Gasteiger partial charge in [-0.25, -0.2) is 0 Å². The van der Waals surface area contributed by atoms with Crippen molar-refractivity contribution in [3.8, 4) is 0 Å². The monoisotopic (exact) mass is 224 g/mol. The van der Waals surface area contributed by atoms with Gasteiger partial charge in [-0.15, -0.1) is 11.8 Å². The molecule has 0 saturated heterocycles. The van der Waals surface area contributed by atoms with Gasteiger partial charge < -0.3 is 5.11 Å². The Morgan fingerprint density at radius 3 is 2.00 bits per heavy atom. The van der Waals surface area contributed by atoms with Gasteiger partial charge >= 0.3 is 0 Å². The van der Waals surface area contributed by atoms with Gasteiger partial charge in [-0.3, -0.25) is 0 Å². The van der Waals surface area contributed by atoms with E-state index in [-0.39, 0.29) is 11.9 Å². The van der Waals surface area contributed by atoms with Gasteiger partial charge in [0.1, 0.15) is 0 Å². The molecular weight excluding hydrogens is 204 g/mol. The van der Waals surface area contributed by atoms with Crippen molar-refractivity contribution in [3.63, 3.8) is 0 Å². The number of aliphatic hydroxyl groups excluding tert-OH is 1. The molecular formula is C13H20OS. The first kappa shape index (κ1) is 12.6. The van der Waals surface area contributed by atoms with Gasteiger partial charge in [0.05, 0.1) is 6.61 Å². The van der Waals surface area contributed by atoms with Gasteiger partial charge in [0.15, 0.2) is 0 Å². The maximum Gasteiger partial charge on any atom is 0.0550 e. The summed E-state index contributed by atoms with van der Waals surface area (Å²) in [5.41, 5.74) is 5.38. The molecule has 0 fully saturated rings. The van der Waals surface area contributed by atoms with Crippen LogP contribution in [-0.2, 0) is 0 Å². The molecule has 1 aromatic carbocycles. The Morgan fingerprint density at radius 2 is 1.60 bits per heavy atom. The average Bonchev–Trinajstić information content (AvgIpc) is 2.21. The van der Waals surface area contributed by atoms with E-state index >= 15 is 0 Å². The summed E-state index contributed by atoms with van der Waals surface area (Å²) in [4.78, 5) is 1.34. The number of aliphatic hydroxyl groups is 1. The third kappa shape index (κ3) is 2.76. The van der Waals surface area contributed by atoms with Crippen LogP contribution in [0.25, 0.3) is 0 Å². The molecule has 0 amide bonds. The van der Waals surface area contributed by atoms with Crippen LogP contribution < -0.4 is 0 Å². The zero-order valence-corrected chi connectivity index (χ0v) is 11.0. The molecule has 0 aromatic heterocycles. The summed E-state index contributed by atoms with van der Waals surface area (Å²) < 4.78 is 0. The maximum atomic E-state index is 9.10. The normalized spacial score (nSPS) is 12.9. The van der Waals surface area contributed by atoms with Gasteiger partial charge in [-0.2, -0.15) is 0 Å². The van der Waals surface area contributed by atoms with Crippen molar-refractivity contribution in [3.05, 3.63) is 28.3 Å². The first-order valence-electron chi connectivity index (χ1n) is 5.32. The third-order valence-electron chi connectivity index (χ3n) is 2.87. The fraction of sp³-hybridized carbons (Fsp3) is 0.538. The molecule has 1 nitrogen and oxygen atoms in total. The second-order valence-electron chi connectivity index (χ2n) is 4.20. The number of hydrogen-bond acceptors (Lipinski definition) is 2. The van der Waals surface area contributed by atoms with Crippen molar-refractivity contribution in [2.45, 2.75) is 44.8 Å². The molecule has 1 unspecified atom stereocenters. The van der Waals surface area contributed by atoms with Crippen LogP contribution in [0.3, 0.4) is 0 Å². The highest BCUT2D eigenvalue weighted by Crippen LogP contribution is 2.33. The third-order valence-corrected chi connectivity index (χ3v) is 4.27. The fourth-order valence-electron chi connectivity index (χ4n) is 1.60. The van der Waals surface area contributed by atoms with Crippen molar-refractivity contribution in [2.75, 3.05) is 6.61 Å². The highest BCUT2D eigenvalue weighted by Gasteiger charge is 2.11. The summed E-state index contributed by atoms with van der Waals surface area (Å²) in [5.74, 6) is 0. The zero-order chi connectivity index (χ0) is 11.6. The van der Waals surface area contributed by atoms with Crippen LogP contribution in [0.15, 0.2) is 11.0 Å². The van der Waals surface area contributed by atoms with Crippen molar-refractivity contribution in [2.24, 2.45) is 0 Å². The van der Waals surface area contributed by atoms with E-state index in [2.05, 4.69) is 40.7 Å². The van der Waals surface area contributed by atoms with Crippen LogP contribution in [0.5, 0.6) is 0 Å². The molecule has 0 aliphatic rings. The van der Waals surface area contributed by atoms with Crippen LogP contribution in [0, 0.1) is 27.7 Å². The molecule has 0 radical (unpaired) electrons. The quantitative estimate of drug-likeness (QED) is 0.794. The molecule has 0 aliphatic carbocycles. The SMILES string of the molecule is Cc1cc(C)c(C)c(SC(C)CO)c1C. The lowest BCUT2D eigenvalue weighted by atomic mass is 10.0. The Balaban J connectivity index is 3.15. The van der Waals surface area contributed by atoms with E-state index in [0.29, 0.717) is 0 Å². The number of hydrogen-bond donors (Lipinski definition) is 1. The van der Waals surface area contributed by atoms with E-state index in [1.807, 2.05) is 0 Å². The van der Waals surface area contributed by atoms with Gasteiger partial charge in [0.2, 0.25) is 0 Å². The second kappa shape index (κ2) is 5.04. The van der Waals surface area contributed by atoms with Gasteiger partial charge in [-0.05, 0) is 49.9 Å². The first-order valence-corrected chi connectivity index (χ1v) is 6.20. The predicted octanol–water partition coefficient (Wildman–Crippen LogP) is 3.39. The zero-order valence-electron chi connectivity index (χ0n) is 10.2. The topological polar surface area (TPSA) is 20.2 Å². The lowest BCUT2D eigenvalue weighted by Crippen LogP contribution is -2.04. The Morgan fingerprint density at radius 1 is 1.13 bits per heavy atom. The number of rotatable bonds is 3. The molecule has 0 heterocycles. The van der Waals surface area contributed by atoms with Crippen molar-refractivity contribution in [1.82, 2.24) is 0 Å². The smallest absolute Gasteiger partial charge is 0.0550 e. The number of benzene rings is 1. The molecule has 1 rings (SSSR count). The molecule has 1 atom stereocenters. The van der Waals surface area contributed by atoms with E-state index < -0.39 is 0 Å². The Hall–Kier alpha value is -0.470. The summed E-state index contributed by atoms with van der Waals surface area (Å²) in [6.07, 6.45) is 0. The van der Waals surface area contributed by atoms with Crippen LogP contribution in [-0.4, -0.2) is 17.0 Å². The minimum absolute atomic E-state index is 0.233. The largest absolute Gasteiger partial charge is 0.395 e. The second-order valence-corrected chi connectivity index (χ2v) is 5.65. The van der Waals surface area contributed by atoms with Crippen LogP contribution >= 0.6 is 11.8 Å². The van der Waals surface area contributed by atoms with Crippen LogP contribution in [0.1, 0.15) is 29.2 Å². The lowest BCUT2D eigenvalue weighted by Gasteiger charge is -2.17. The van der Waals surface area contributed by atoms with Crippen molar-refractivity contribution < 1.29 is 5.11 Å². The van der Waals surface area contributed by atoms with Crippen molar-refractivity contribution >= 4 is 11.8 Å². The molecule has 0 aliphatic heterocycles. The average molecular weight is 224 g/mol. The minimum atomic E-state index is 0.233. The van der Waals surface area contributed by atoms with E-state index in [1.54, 1.807) is 11.8 Å². The number of aryl methyl sites for hydroxylation is 2. The predicted molar refractivity (Wildman–Crippen MR) is 67.8 cm³/mol. The molecule has 15 heavy (non-hydrogen) atoms. The molecule has 0 spiro atoms. The van der Waals surface area contributed by atoms with Crippen LogP contribution in [0.2, 0.25) is 0 Å². The van der Waals surface area contributed by atoms with Crippen molar-refractivity contribution in [1.29, 1.82) is 0 Å². The Kier molecular flexibility index (Phi) is 4.23. The molecule has 0 saturated carbocycles. The molecule has 2 heteroatoms. The standard InChI is InChI=1S/C13H20OS/c1-8-6-9(2)12(5)13(11(8)4)15-10(3)7-14/h6,10,14H,7H2,1-5H3. The van der Waals surface area contributed by atoms with E-state index in [9.17, 15) is 0 Å². The van der Waals surface area contributed by atoms with E-state index in [0.717, 1.165) is 0 Å².